The lowest BCUT2D eigenvalue weighted by Crippen LogP contribution is -2.31. The summed E-state index contributed by atoms with van der Waals surface area (Å²) in [6.45, 7) is 0.800. The van der Waals surface area contributed by atoms with E-state index < -0.39 is 0 Å². The summed E-state index contributed by atoms with van der Waals surface area (Å²) in [5.41, 5.74) is 0. The Balaban J connectivity index is 1.52. The molecule has 0 aromatic carbocycles. The van der Waals surface area contributed by atoms with Crippen molar-refractivity contribution < 1.29 is 4.79 Å². The Morgan fingerprint density at radius 2 is 2.28 bits per heavy atom. The van der Waals surface area contributed by atoms with Crippen molar-refractivity contribution in [1.29, 1.82) is 0 Å². The second-order valence-electron chi connectivity index (χ2n) is 5.31. The molecule has 2 saturated carbocycles. The van der Waals surface area contributed by atoms with Gasteiger partial charge in [-0.05, 0) is 37.0 Å². The highest BCUT2D eigenvalue weighted by atomic mass is 32.1. The molecule has 2 aliphatic rings. The molecule has 3 unspecified atom stereocenters. The van der Waals surface area contributed by atoms with Crippen molar-refractivity contribution in [1.82, 2.24) is 15.5 Å². The van der Waals surface area contributed by atoms with Crippen LogP contribution in [0, 0.1) is 17.8 Å². The molecule has 2 N–H and O–H groups in total. The minimum absolute atomic E-state index is 0.0863. The van der Waals surface area contributed by atoms with Gasteiger partial charge in [0.15, 0.2) is 0 Å². The Kier molecular flexibility index (Phi) is 3.20. The summed E-state index contributed by atoms with van der Waals surface area (Å²) in [6.07, 6.45) is 5.43. The predicted molar refractivity (Wildman–Crippen MR) is 70.7 cm³/mol. The number of hydrogen-bond donors (Lipinski definition) is 2. The molecule has 0 spiro atoms. The maximum absolute atomic E-state index is 11.9. The number of carbonyl (C=O) groups excluding carboxylic acids is 1. The quantitative estimate of drug-likeness (QED) is 0.871. The number of carbonyl (C=O) groups is 1. The van der Waals surface area contributed by atoms with Gasteiger partial charge >= 0.3 is 0 Å². The Morgan fingerprint density at radius 3 is 2.89 bits per heavy atom. The highest BCUT2D eigenvalue weighted by Gasteiger charge is 2.39. The molecule has 0 radical (unpaired) electrons. The van der Waals surface area contributed by atoms with E-state index in [-0.39, 0.29) is 5.91 Å². The molecular formula is C12H18N4OS. The summed E-state index contributed by atoms with van der Waals surface area (Å²) in [4.78, 5) is 11.9. The summed E-state index contributed by atoms with van der Waals surface area (Å²) < 4.78 is 0. The number of hydrogen-bond acceptors (Lipinski definition) is 5. The molecule has 0 aliphatic heterocycles. The van der Waals surface area contributed by atoms with Crippen LogP contribution in [0.3, 0.4) is 0 Å². The van der Waals surface area contributed by atoms with Gasteiger partial charge in [0.2, 0.25) is 10.1 Å². The van der Waals surface area contributed by atoms with Gasteiger partial charge in [0.05, 0.1) is 0 Å². The molecule has 0 saturated heterocycles. The minimum atomic E-state index is -0.0863. The Hall–Kier alpha value is -1.17. The molecule has 2 bridgehead atoms. The van der Waals surface area contributed by atoms with Crippen LogP contribution in [-0.2, 0) is 0 Å². The smallest absolute Gasteiger partial charge is 0.282 e. The summed E-state index contributed by atoms with van der Waals surface area (Å²) >= 11 is 1.29. The van der Waals surface area contributed by atoms with Crippen molar-refractivity contribution in [3.05, 3.63) is 5.01 Å². The van der Waals surface area contributed by atoms with Gasteiger partial charge in [0.1, 0.15) is 0 Å². The van der Waals surface area contributed by atoms with Crippen LogP contribution in [0.5, 0.6) is 0 Å². The summed E-state index contributed by atoms with van der Waals surface area (Å²) in [7, 11) is 1.78. The van der Waals surface area contributed by atoms with Gasteiger partial charge < -0.3 is 10.6 Å². The number of anilines is 1. The largest absolute Gasteiger partial charge is 0.363 e. The zero-order chi connectivity index (χ0) is 12.5. The van der Waals surface area contributed by atoms with Crippen LogP contribution < -0.4 is 10.6 Å². The molecule has 3 atom stereocenters. The SMILES string of the molecule is CNc1nnc(C(=O)NCC2CC3CCC2C3)s1. The number of fused-ring (bicyclic) bond motifs is 2. The van der Waals surface area contributed by atoms with Gasteiger partial charge in [0.25, 0.3) is 5.91 Å². The van der Waals surface area contributed by atoms with Gasteiger partial charge in [-0.3, -0.25) is 4.79 Å². The molecule has 6 heteroatoms. The fraction of sp³-hybridized carbons (Fsp3) is 0.750. The number of nitrogens with zero attached hydrogens (tertiary/aromatic N) is 2. The maximum Gasteiger partial charge on any atom is 0.282 e. The molecule has 1 aromatic heterocycles. The van der Waals surface area contributed by atoms with Crippen LogP contribution in [0.15, 0.2) is 0 Å². The monoisotopic (exact) mass is 266 g/mol. The minimum Gasteiger partial charge on any atom is -0.363 e. The first-order valence-electron chi connectivity index (χ1n) is 6.55. The molecule has 5 nitrogen and oxygen atoms in total. The summed E-state index contributed by atoms with van der Waals surface area (Å²) in [5.74, 6) is 2.37. The number of nitrogens with one attached hydrogen (secondary N) is 2. The second kappa shape index (κ2) is 4.84. The Labute approximate surface area is 110 Å². The van der Waals surface area contributed by atoms with E-state index >= 15 is 0 Å². The van der Waals surface area contributed by atoms with Crippen LogP contribution in [0.2, 0.25) is 0 Å². The predicted octanol–water partition coefficient (Wildman–Crippen LogP) is 1.75. The summed E-state index contributed by atoms with van der Waals surface area (Å²) in [5, 5.41) is 14.8. The van der Waals surface area contributed by atoms with E-state index in [9.17, 15) is 4.79 Å². The molecule has 1 heterocycles. The fourth-order valence-corrected chi connectivity index (χ4v) is 3.96. The average Bonchev–Trinajstić information content (AvgIpc) is 3.10. The molecule has 2 fully saturated rings. The van der Waals surface area contributed by atoms with E-state index in [0.29, 0.717) is 16.1 Å². The standard InChI is InChI=1S/C12H18N4OS/c1-13-12-16-15-11(18-12)10(17)14-6-9-5-7-2-3-8(9)4-7/h7-9H,2-6H2,1H3,(H,13,16)(H,14,17). The van der Waals surface area contributed by atoms with Crippen molar-refractivity contribution in [3.63, 3.8) is 0 Å². The molecular weight excluding hydrogens is 248 g/mol. The van der Waals surface area contributed by atoms with Gasteiger partial charge in [-0.25, -0.2) is 0 Å². The zero-order valence-electron chi connectivity index (χ0n) is 10.5. The van der Waals surface area contributed by atoms with Gasteiger partial charge in [0, 0.05) is 13.6 Å². The Morgan fingerprint density at radius 1 is 1.39 bits per heavy atom. The van der Waals surface area contributed by atoms with E-state index in [2.05, 4.69) is 20.8 Å². The highest BCUT2D eigenvalue weighted by molar-refractivity contribution is 7.17. The number of aromatic nitrogens is 2. The third-order valence-electron chi connectivity index (χ3n) is 4.24. The normalized spacial score (nSPS) is 29.5. The van der Waals surface area contributed by atoms with Crippen molar-refractivity contribution in [3.8, 4) is 0 Å². The maximum atomic E-state index is 11.9. The highest BCUT2D eigenvalue weighted by Crippen LogP contribution is 2.47. The average molecular weight is 266 g/mol. The first-order chi connectivity index (χ1) is 8.76. The lowest BCUT2D eigenvalue weighted by atomic mass is 9.89. The lowest BCUT2D eigenvalue weighted by Gasteiger charge is -2.21. The van der Waals surface area contributed by atoms with Gasteiger partial charge in [-0.15, -0.1) is 10.2 Å². The van der Waals surface area contributed by atoms with Crippen LogP contribution in [-0.4, -0.2) is 29.7 Å². The third-order valence-corrected chi connectivity index (χ3v) is 5.18. The first-order valence-corrected chi connectivity index (χ1v) is 7.37. The third kappa shape index (κ3) is 2.21. The molecule has 2 aliphatic carbocycles. The number of rotatable bonds is 4. The van der Waals surface area contributed by atoms with Crippen molar-refractivity contribution in [2.24, 2.45) is 17.8 Å². The van der Waals surface area contributed by atoms with Gasteiger partial charge in [-0.1, -0.05) is 17.8 Å². The molecule has 1 aromatic rings. The van der Waals surface area contributed by atoms with E-state index in [1.54, 1.807) is 7.05 Å². The van der Waals surface area contributed by atoms with Crippen LogP contribution in [0.4, 0.5) is 5.13 Å². The molecule has 18 heavy (non-hydrogen) atoms. The summed E-state index contributed by atoms with van der Waals surface area (Å²) in [6, 6.07) is 0. The molecule has 98 valence electrons. The van der Waals surface area contributed by atoms with Crippen molar-refractivity contribution in [2.45, 2.75) is 25.7 Å². The zero-order valence-corrected chi connectivity index (χ0v) is 11.3. The molecule has 1 amide bonds. The van der Waals surface area contributed by atoms with Crippen LogP contribution in [0.25, 0.3) is 0 Å². The van der Waals surface area contributed by atoms with E-state index in [1.807, 2.05) is 0 Å². The topological polar surface area (TPSA) is 66.9 Å². The van der Waals surface area contributed by atoms with Gasteiger partial charge in [-0.2, -0.15) is 0 Å². The molecule has 3 rings (SSSR count). The Bertz CT molecular complexity index is 447. The van der Waals surface area contributed by atoms with Crippen molar-refractivity contribution >= 4 is 22.4 Å². The fourth-order valence-electron chi connectivity index (χ4n) is 3.34. The van der Waals surface area contributed by atoms with Crippen molar-refractivity contribution in [2.75, 3.05) is 18.9 Å². The lowest BCUT2D eigenvalue weighted by molar-refractivity contribution is 0.0940. The first kappa shape index (κ1) is 11.9. The number of amides is 1. The second-order valence-corrected chi connectivity index (χ2v) is 6.28. The van der Waals surface area contributed by atoms with Crippen LogP contribution in [0.1, 0.15) is 35.5 Å². The van der Waals surface area contributed by atoms with E-state index in [1.165, 1.54) is 37.0 Å². The van der Waals surface area contributed by atoms with Crippen LogP contribution >= 0.6 is 11.3 Å². The van der Waals surface area contributed by atoms with E-state index in [0.717, 1.165) is 18.4 Å². The van der Waals surface area contributed by atoms with E-state index in [4.69, 9.17) is 0 Å².